The van der Waals surface area contributed by atoms with Gasteiger partial charge in [-0.05, 0) is 310 Å². The van der Waals surface area contributed by atoms with Gasteiger partial charge in [0.2, 0.25) is 0 Å². The van der Waals surface area contributed by atoms with E-state index in [0.29, 0.717) is 50.4 Å². The van der Waals surface area contributed by atoms with Crippen LogP contribution in [0.1, 0.15) is 172 Å². The Hall–Kier alpha value is -11.2. The molecule has 0 radical (unpaired) electrons. The predicted octanol–water partition coefficient (Wildman–Crippen LogP) is 26.3. The number of nitrogens with two attached hydrogens (primary N) is 4. The molecule has 670 valence electrons. The molecule has 0 aliphatic heterocycles. The molecule has 14 aromatic rings. The maximum absolute atomic E-state index is 13.4. The number of hydrogen-bond donors (Lipinski definition) is 7. The fourth-order valence-electron chi connectivity index (χ4n) is 15.8. The molecule has 14 aromatic carbocycles. The highest BCUT2D eigenvalue weighted by Crippen LogP contribution is 2.38. The van der Waals surface area contributed by atoms with Crippen molar-refractivity contribution < 1.29 is 35.1 Å². The third-order valence-corrected chi connectivity index (χ3v) is 22.6. The van der Waals surface area contributed by atoms with E-state index >= 15 is 0 Å². The molecule has 2 atom stereocenters. The van der Waals surface area contributed by atoms with Gasteiger partial charge in [-0.15, -0.1) is 0 Å². The standard InChI is InChI=1S/C17H19F2N.C16H17Cl2N.2C16H17F2N.C16H19N.C15H15F2N.C15H17N/c1-2-20-10-9-17(13-5-3-7-15(18)11-13)14-6-4-8-16(19)12-14;2*1-11(10-19)16(12-4-2-6-14(17)8-12)13-5-3-7-15(18)9-13;1-19-9-8-16(12-4-2-6-14(17)10-12)13-5-3-7-15(18)11-13;1-17-13-12-16(14-8-4-2-5-9-14)15-10-6-3-7-11-15;16-13-5-1-3-11(9-13)15(7-8-18)12-4-2-6-14(17)10-12;16-12-11-15(13-7-3-1-4-8-13)14-9-5-2-6-10-14/h3-8,11-12,17,20H,2,9-10H2,1H3;2*2-9,11,16H,10,19H2,1H3;2-7,10-11,16,19H,8-9H2,1H3;2-11,16-17H,12-13H2,1H3;1-6,9-10,15H,7-8,18H2;1-10,15H,11-12,16H2/t;;11-;;;;/m..0..../s1. The number of benzene rings is 14. The fourth-order valence-corrected chi connectivity index (χ4v) is 16.2. The van der Waals surface area contributed by atoms with E-state index in [9.17, 15) is 35.1 Å². The Bertz CT molecular complexity index is 5040. The summed E-state index contributed by atoms with van der Waals surface area (Å²) in [6, 6.07) is 110. The minimum atomic E-state index is -0.289. The van der Waals surface area contributed by atoms with Crippen molar-refractivity contribution in [2.24, 2.45) is 34.8 Å². The van der Waals surface area contributed by atoms with Crippen LogP contribution in [0.4, 0.5) is 35.1 Å². The molecule has 0 aliphatic rings. The second kappa shape index (κ2) is 56.9. The van der Waals surface area contributed by atoms with Crippen LogP contribution < -0.4 is 38.9 Å². The summed E-state index contributed by atoms with van der Waals surface area (Å²) < 4.78 is 107. The van der Waals surface area contributed by atoms with Crippen molar-refractivity contribution in [3.63, 3.8) is 0 Å². The van der Waals surface area contributed by atoms with Gasteiger partial charge in [-0.25, -0.2) is 35.1 Å². The molecule has 7 nitrogen and oxygen atoms in total. The summed E-state index contributed by atoms with van der Waals surface area (Å²) in [5.74, 6) is -0.813. The second-order valence-electron chi connectivity index (χ2n) is 31.4. The topological polar surface area (TPSA) is 140 Å². The SMILES string of the molecule is CC(CN)C(c1cccc(Cl)c1)c1cccc(Cl)c1.CCNCCC(c1cccc(F)c1)c1cccc(F)c1.CNCCC(c1cccc(F)c1)c1cccc(F)c1.CNCCC(c1ccccc1)c1ccccc1.C[C@@H](CN)C(c1cccc(F)c1)c1cccc(F)c1.NCCC(c1cccc(F)c1)c1cccc(F)c1.NCCC(c1ccccc1)c1ccccc1. The highest BCUT2D eigenvalue weighted by molar-refractivity contribution is 6.31. The summed E-state index contributed by atoms with van der Waals surface area (Å²) in [5, 5.41) is 11.1. The van der Waals surface area contributed by atoms with Gasteiger partial charge in [0, 0.05) is 51.5 Å². The summed E-state index contributed by atoms with van der Waals surface area (Å²) >= 11 is 12.2. The zero-order chi connectivity index (χ0) is 91.8. The third-order valence-electron chi connectivity index (χ3n) is 22.2. The van der Waals surface area contributed by atoms with Gasteiger partial charge in [-0.1, -0.05) is 287 Å². The van der Waals surface area contributed by atoms with Crippen molar-refractivity contribution in [1.82, 2.24) is 16.0 Å². The van der Waals surface area contributed by atoms with Crippen LogP contribution in [0.15, 0.2) is 364 Å². The number of hydrogen-bond acceptors (Lipinski definition) is 7. The van der Waals surface area contributed by atoms with Gasteiger partial charge < -0.3 is 38.9 Å². The van der Waals surface area contributed by atoms with Crippen LogP contribution in [0, 0.1) is 58.4 Å². The maximum atomic E-state index is 13.4. The Morgan fingerprint density at radius 1 is 0.242 bits per heavy atom. The van der Waals surface area contributed by atoms with E-state index in [-0.39, 0.29) is 82.0 Å². The van der Waals surface area contributed by atoms with Crippen molar-refractivity contribution in [3.8, 4) is 0 Å². The Morgan fingerprint density at radius 3 is 0.656 bits per heavy atom. The number of halogens is 10. The van der Waals surface area contributed by atoms with Gasteiger partial charge >= 0.3 is 0 Å². The normalized spacial score (nSPS) is 11.4. The van der Waals surface area contributed by atoms with Crippen LogP contribution in [0.2, 0.25) is 10.0 Å². The highest BCUT2D eigenvalue weighted by Gasteiger charge is 2.25. The Balaban J connectivity index is 0.000000185. The van der Waals surface area contributed by atoms with Gasteiger partial charge in [0.25, 0.3) is 0 Å². The maximum Gasteiger partial charge on any atom is 0.123 e. The van der Waals surface area contributed by atoms with Crippen LogP contribution in [0.25, 0.3) is 0 Å². The summed E-state index contributed by atoms with van der Waals surface area (Å²) in [6.07, 6.45) is 4.38. The Morgan fingerprint density at radius 2 is 0.438 bits per heavy atom. The van der Waals surface area contributed by atoms with E-state index in [1.165, 1.54) is 130 Å². The van der Waals surface area contributed by atoms with E-state index in [1.807, 2.05) is 125 Å². The van der Waals surface area contributed by atoms with Crippen LogP contribution in [-0.4, -0.2) is 66.5 Å². The average molecular weight is 1780 g/mol. The van der Waals surface area contributed by atoms with Crippen molar-refractivity contribution in [2.45, 2.75) is 94.3 Å². The molecule has 11 N–H and O–H groups in total. The second-order valence-corrected chi connectivity index (χ2v) is 32.3. The Kier molecular flexibility index (Phi) is 45.4. The van der Waals surface area contributed by atoms with Gasteiger partial charge in [0.1, 0.15) is 46.5 Å². The third kappa shape index (κ3) is 34.4. The van der Waals surface area contributed by atoms with Gasteiger partial charge in [0.15, 0.2) is 0 Å². The summed E-state index contributed by atoms with van der Waals surface area (Å²) in [4.78, 5) is 0. The van der Waals surface area contributed by atoms with Gasteiger partial charge in [0.05, 0.1) is 0 Å². The molecule has 1 unspecified atom stereocenters. The van der Waals surface area contributed by atoms with E-state index in [1.54, 1.807) is 48.5 Å². The molecular formula is C111H121Cl2F8N7. The molecular weight excluding hydrogens is 1650 g/mol. The highest BCUT2D eigenvalue weighted by atomic mass is 35.5. The molecule has 0 bridgehead atoms. The van der Waals surface area contributed by atoms with Crippen LogP contribution >= 0.6 is 23.2 Å². The van der Waals surface area contributed by atoms with Crippen molar-refractivity contribution in [1.29, 1.82) is 0 Å². The first-order chi connectivity index (χ1) is 62.2. The predicted molar refractivity (Wildman–Crippen MR) is 517 cm³/mol. The number of rotatable bonds is 32. The molecule has 0 amide bonds. The first kappa shape index (κ1) is 102. The Labute approximate surface area is 763 Å². The molecule has 0 spiro atoms. The minimum Gasteiger partial charge on any atom is -0.330 e. The summed E-state index contributed by atoms with van der Waals surface area (Å²) in [5.41, 5.74) is 37.5. The first-order valence-electron chi connectivity index (χ1n) is 43.7. The first-order valence-corrected chi connectivity index (χ1v) is 44.5. The lowest BCUT2D eigenvalue weighted by Gasteiger charge is -2.24. The van der Waals surface area contributed by atoms with Crippen LogP contribution in [0.3, 0.4) is 0 Å². The molecule has 0 aromatic heterocycles. The van der Waals surface area contributed by atoms with E-state index in [2.05, 4.69) is 144 Å². The van der Waals surface area contributed by atoms with E-state index < -0.39 is 0 Å². The molecule has 0 aliphatic carbocycles. The summed E-state index contributed by atoms with van der Waals surface area (Å²) in [7, 11) is 3.88. The van der Waals surface area contributed by atoms with E-state index in [0.717, 1.165) is 106 Å². The van der Waals surface area contributed by atoms with E-state index in [4.69, 9.17) is 46.1 Å². The minimum absolute atomic E-state index is 0.000417. The zero-order valence-electron chi connectivity index (χ0n) is 73.6. The van der Waals surface area contributed by atoms with Crippen LogP contribution in [0.5, 0.6) is 0 Å². The largest absolute Gasteiger partial charge is 0.330 e. The lowest BCUT2D eigenvalue weighted by atomic mass is 9.81. The molecule has 14 rings (SSSR count). The van der Waals surface area contributed by atoms with Gasteiger partial charge in [-0.2, -0.15) is 0 Å². The lowest BCUT2D eigenvalue weighted by molar-refractivity contribution is 0.516. The van der Waals surface area contributed by atoms with Crippen molar-refractivity contribution >= 4 is 23.2 Å². The fraction of sp³-hybridized carbons (Fsp3) is 0.243. The monoisotopic (exact) mass is 1770 g/mol. The lowest BCUT2D eigenvalue weighted by Crippen LogP contribution is -2.20. The number of nitrogens with one attached hydrogen (secondary N) is 3. The molecule has 0 saturated heterocycles. The van der Waals surface area contributed by atoms with Crippen LogP contribution in [-0.2, 0) is 0 Å². The quantitative estimate of drug-likeness (QED) is 0.0165. The molecule has 0 heterocycles. The average Bonchev–Trinajstić information content (AvgIpc) is 0.825. The molecule has 17 heteroatoms. The molecule has 0 fully saturated rings. The van der Waals surface area contributed by atoms with Crippen molar-refractivity contribution in [2.75, 3.05) is 66.5 Å². The zero-order valence-corrected chi connectivity index (χ0v) is 75.1. The van der Waals surface area contributed by atoms with Crippen molar-refractivity contribution in [3.05, 3.63) is 498 Å². The molecule has 128 heavy (non-hydrogen) atoms. The van der Waals surface area contributed by atoms with Gasteiger partial charge in [-0.3, -0.25) is 0 Å². The molecule has 0 saturated carbocycles. The summed E-state index contributed by atoms with van der Waals surface area (Å²) in [6.45, 7) is 12.0. The smallest absolute Gasteiger partial charge is 0.123 e.